The van der Waals surface area contributed by atoms with Gasteiger partial charge in [-0.05, 0) is 24.5 Å². The Morgan fingerprint density at radius 2 is 2.05 bits per heavy atom. The second-order valence-corrected chi connectivity index (χ2v) is 5.48. The molecule has 1 saturated heterocycles. The summed E-state index contributed by atoms with van der Waals surface area (Å²) in [5.41, 5.74) is -1.13. The summed E-state index contributed by atoms with van der Waals surface area (Å²) in [6.07, 6.45) is 0.354. The van der Waals surface area contributed by atoms with E-state index in [1.54, 1.807) is 18.2 Å². The maximum absolute atomic E-state index is 13.7. The first kappa shape index (κ1) is 14.0. The molecule has 0 aliphatic carbocycles. The minimum atomic E-state index is -0.968. The Hall–Kier alpha value is -1.42. The normalized spacial score (nSPS) is 29.4. The van der Waals surface area contributed by atoms with E-state index in [9.17, 15) is 9.18 Å². The van der Waals surface area contributed by atoms with Crippen molar-refractivity contribution in [3.8, 4) is 0 Å². The molecular formula is C15H19FO3. The fraction of sp³-hybridized carbons (Fsp3) is 0.533. The predicted octanol–water partition coefficient (Wildman–Crippen LogP) is 2.72. The summed E-state index contributed by atoms with van der Waals surface area (Å²) in [4.78, 5) is 12.0. The molecule has 0 aromatic heterocycles. The topological polar surface area (TPSA) is 38.8 Å². The first-order chi connectivity index (χ1) is 8.87. The van der Waals surface area contributed by atoms with Gasteiger partial charge in [-0.2, -0.15) is 0 Å². The Kier molecular flexibility index (Phi) is 3.39. The number of halogens is 1. The maximum atomic E-state index is 13.7. The first-order valence-electron chi connectivity index (χ1n) is 6.39. The van der Waals surface area contributed by atoms with Crippen molar-refractivity contribution in [1.29, 1.82) is 0 Å². The third-order valence-electron chi connectivity index (χ3n) is 3.92. The fourth-order valence-electron chi connectivity index (χ4n) is 2.88. The van der Waals surface area contributed by atoms with E-state index in [2.05, 4.69) is 0 Å². The van der Waals surface area contributed by atoms with Crippen molar-refractivity contribution in [3.63, 3.8) is 0 Å². The average molecular weight is 266 g/mol. The molecule has 104 valence electrons. The smallest absolute Gasteiger partial charge is 0.341 e. The molecule has 3 nitrogen and oxygen atoms in total. The zero-order valence-corrected chi connectivity index (χ0v) is 11.7. The molecule has 0 saturated carbocycles. The minimum Gasteiger partial charge on any atom is -0.467 e. The molecule has 2 atom stereocenters. The second kappa shape index (κ2) is 4.60. The monoisotopic (exact) mass is 266 g/mol. The Labute approximate surface area is 112 Å². The van der Waals surface area contributed by atoms with Gasteiger partial charge < -0.3 is 9.47 Å². The number of methoxy groups -OCH3 is 1. The third-order valence-corrected chi connectivity index (χ3v) is 3.92. The second-order valence-electron chi connectivity index (χ2n) is 5.48. The van der Waals surface area contributed by atoms with E-state index in [1.807, 2.05) is 20.8 Å². The molecule has 1 aliphatic heterocycles. The number of rotatable bonds is 4. The minimum absolute atomic E-state index is 0.0308. The molecule has 0 N–H and O–H groups in total. The van der Waals surface area contributed by atoms with Crippen LogP contribution in [-0.2, 0) is 20.7 Å². The van der Waals surface area contributed by atoms with Crippen LogP contribution >= 0.6 is 0 Å². The highest BCUT2D eigenvalue weighted by Crippen LogP contribution is 2.55. The largest absolute Gasteiger partial charge is 0.467 e. The Morgan fingerprint density at radius 1 is 1.42 bits per heavy atom. The summed E-state index contributed by atoms with van der Waals surface area (Å²) >= 11 is 0. The van der Waals surface area contributed by atoms with Crippen LogP contribution < -0.4 is 0 Å². The summed E-state index contributed by atoms with van der Waals surface area (Å²) in [5, 5.41) is 0. The van der Waals surface area contributed by atoms with E-state index >= 15 is 0 Å². The molecule has 1 aromatic rings. The van der Waals surface area contributed by atoms with Crippen molar-refractivity contribution in [3.05, 3.63) is 35.6 Å². The van der Waals surface area contributed by atoms with Gasteiger partial charge in [0, 0.05) is 6.42 Å². The Bertz CT molecular complexity index is 500. The molecule has 1 fully saturated rings. The number of carbonyl (C=O) groups excluding carboxylic acids is 1. The van der Waals surface area contributed by atoms with Crippen molar-refractivity contribution in [2.24, 2.45) is 5.92 Å². The van der Waals surface area contributed by atoms with Gasteiger partial charge in [0.05, 0.1) is 7.11 Å². The lowest BCUT2D eigenvalue weighted by molar-refractivity contribution is -0.148. The van der Waals surface area contributed by atoms with Crippen molar-refractivity contribution < 1.29 is 18.7 Å². The van der Waals surface area contributed by atoms with Crippen molar-refractivity contribution in [2.75, 3.05) is 7.11 Å². The van der Waals surface area contributed by atoms with Gasteiger partial charge in [0.25, 0.3) is 0 Å². The fourth-order valence-corrected chi connectivity index (χ4v) is 2.88. The van der Waals surface area contributed by atoms with Crippen LogP contribution in [0.2, 0.25) is 0 Å². The van der Waals surface area contributed by atoms with E-state index in [1.165, 1.54) is 13.2 Å². The van der Waals surface area contributed by atoms with Crippen molar-refractivity contribution in [1.82, 2.24) is 0 Å². The number of ether oxygens (including phenoxy) is 2. The van der Waals surface area contributed by atoms with Gasteiger partial charge in [-0.1, -0.05) is 32.0 Å². The number of benzene rings is 1. The van der Waals surface area contributed by atoms with Gasteiger partial charge >= 0.3 is 5.97 Å². The first-order valence-corrected chi connectivity index (χ1v) is 6.39. The molecule has 1 heterocycles. The molecule has 19 heavy (non-hydrogen) atoms. The molecular weight excluding hydrogens is 247 g/mol. The summed E-state index contributed by atoms with van der Waals surface area (Å²) in [6.45, 7) is 5.64. The number of hydrogen-bond acceptors (Lipinski definition) is 3. The summed E-state index contributed by atoms with van der Waals surface area (Å²) in [5.74, 6) is -0.695. The molecule has 2 unspecified atom stereocenters. The lowest BCUT2D eigenvalue weighted by Crippen LogP contribution is -2.39. The van der Waals surface area contributed by atoms with Gasteiger partial charge in [-0.15, -0.1) is 0 Å². The molecule has 0 bridgehead atoms. The lowest BCUT2D eigenvalue weighted by atomic mass is 9.81. The van der Waals surface area contributed by atoms with Gasteiger partial charge in [-0.3, -0.25) is 0 Å². The van der Waals surface area contributed by atoms with Crippen molar-refractivity contribution in [2.45, 2.75) is 38.4 Å². The van der Waals surface area contributed by atoms with Crippen molar-refractivity contribution >= 4 is 5.97 Å². The molecule has 0 radical (unpaired) electrons. The van der Waals surface area contributed by atoms with Crippen LogP contribution in [0.3, 0.4) is 0 Å². The SMILES string of the molecule is COC(=O)C1(C(C)C)OC1(C)Cc1ccccc1F. The summed E-state index contributed by atoms with van der Waals surface area (Å²) in [6, 6.07) is 6.55. The predicted molar refractivity (Wildman–Crippen MR) is 69.2 cm³/mol. The van der Waals surface area contributed by atoms with Gasteiger partial charge in [0.2, 0.25) is 0 Å². The zero-order chi connectivity index (χ0) is 14.3. The highest BCUT2D eigenvalue weighted by atomic mass is 19.1. The Balaban J connectivity index is 2.27. The molecule has 1 aliphatic rings. The van der Waals surface area contributed by atoms with E-state index in [4.69, 9.17) is 9.47 Å². The maximum Gasteiger partial charge on any atom is 0.341 e. The van der Waals surface area contributed by atoms with E-state index in [0.29, 0.717) is 12.0 Å². The van der Waals surface area contributed by atoms with E-state index in [0.717, 1.165) is 0 Å². The molecule has 0 spiro atoms. The van der Waals surface area contributed by atoms with Gasteiger partial charge in [0.1, 0.15) is 11.4 Å². The van der Waals surface area contributed by atoms with Crippen LogP contribution in [-0.4, -0.2) is 24.3 Å². The highest BCUT2D eigenvalue weighted by Gasteiger charge is 2.74. The molecule has 0 amide bonds. The van der Waals surface area contributed by atoms with E-state index < -0.39 is 11.2 Å². The number of hydrogen-bond donors (Lipinski definition) is 0. The van der Waals surface area contributed by atoms with E-state index in [-0.39, 0.29) is 17.7 Å². The standard InChI is InChI=1S/C15H19FO3/c1-10(2)15(13(17)18-4)14(3,19-15)9-11-7-5-6-8-12(11)16/h5-8,10H,9H2,1-4H3. The molecule has 2 rings (SSSR count). The number of carbonyl (C=O) groups is 1. The zero-order valence-electron chi connectivity index (χ0n) is 11.7. The quantitative estimate of drug-likeness (QED) is 0.621. The molecule has 1 aromatic carbocycles. The summed E-state index contributed by atoms with van der Waals surface area (Å²) in [7, 11) is 1.34. The lowest BCUT2D eigenvalue weighted by Gasteiger charge is -2.18. The number of esters is 1. The molecule has 4 heteroatoms. The van der Waals surface area contributed by atoms with Crippen LogP contribution in [0.4, 0.5) is 4.39 Å². The van der Waals surface area contributed by atoms with Crippen LogP contribution in [0.15, 0.2) is 24.3 Å². The third kappa shape index (κ3) is 2.04. The van der Waals surface area contributed by atoms with Gasteiger partial charge in [0.15, 0.2) is 5.60 Å². The average Bonchev–Trinajstić information content (AvgIpc) is 2.99. The van der Waals surface area contributed by atoms with Crippen LogP contribution in [0.5, 0.6) is 0 Å². The van der Waals surface area contributed by atoms with Crippen LogP contribution in [0.1, 0.15) is 26.3 Å². The van der Waals surface area contributed by atoms with Crippen LogP contribution in [0.25, 0.3) is 0 Å². The van der Waals surface area contributed by atoms with Gasteiger partial charge in [-0.25, -0.2) is 9.18 Å². The number of epoxide rings is 1. The highest BCUT2D eigenvalue weighted by molar-refractivity contribution is 5.85. The summed E-state index contributed by atoms with van der Waals surface area (Å²) < 4.78 is 24.3. The van der Waals surface area contributed by atoms with Crippen LogP contribution in [0, 0.1) is 11.7 Å². The Morgan fingerprint density at radius 3 is 2.58 bits per heavy atom.